The van der Waals surface area contributed by atoms with Crippen LogP contribution in [0.5, 0.6) is 11.5 Å². The smallest absolute Gasteiger partial charge is 0.140 e. The Morgan fingerprint density at radius 1 is 0.350 bits per heavy atom. The first kappa shape index (κ1) is 33.1. The van der Waals surface area contributed by atoms with Crippen molar-refractivity contribution in [2.75, 3.05) is 4.90 Å². The van der Waals surface area contributed by atoms with E-state index in [1.54, 1.807) is 0 Å². The van der Waals surface area contributed by atoms with Crippen molar-refractivity contribution >= 4 is 60.5 Å². The number of ether oxygens (including phenoxy) is 1. The first-order valence-corrected chi connectivity index (χ1v) is 20.6. The molecule has 13 rings (SSSR count). The van der Waals surface area contributed by atoms with Gasteiger partial charge in [0.05, 0.1) is 11.1 Å². The van der Waals surface area contributed by atoms with Crippen molar-refractivity contribution in [1.29, 1.82) is 0 Å². The topological polar surface area (TPSA) is 25.6 Å². The van der Waals surface area contributed by atoms with Gasteiger partial charge in [-0.25, -0.2) is 0 Å². The Morgan fingerprint density at radius 3 is 1.68 bits per heavy atom. The summed E-state index contributed by atoms with van der Waals surface area (Å²) in [6.07, 6.45) is 0. The largest absolute Gasteiger partial charge is 0.456 e. The highest BCUT2D eigenvalue weighted by Crippen LogP contribution is 2.64. The van der Waals surface area contributed by atoms with E-state index >= 15 is 0 Å². The van der Waals surface area contributed by atoms with Gasteiger partial charge in [-0.1, -0.05) is 170 Å². The Labute approximate surface area is 347 Å². The highest BCUT2D eigenvalue weighted by Gasteiger charge is 2.52. The van der Waals surface area contributed by atoms with Crippen molar-refractivity contribution in [3.63, 3.8) is 0 Å². The maximum absolute atomic E-state index is 7.25. The third-order valence-electron chi connectivity index (χ3n) is 12.9. The van der Waals surface area contributed by atoms with Gasteiger partial charge in [-0.3, -0.25) is 0 Å². The molecule has 0 radical (unpaired) electrons. The molecule has 60 heavy (non-hydrogen) atoms. The van der Waals surface area contributed by atoms with Crippen LogP contribution in [0.2, 0.25) is 0 Å². The number of rotatable bonds is 4. The second-order valence-electron chi connectivity index (χ2n) is 16.0. The van der Waals surface area contributed by atoms with E-state index in [-0.39, 0.29) is 0 Å². The third kappa shape index (κ3) is 4.54. The number of hydrogen-bond acceptors (Lipinski definition) is 3. The van der Waals surface area contributed by atoms with Crippen LogP contribution in [0.3, 0.4) is 0 Å². The fourth-order valence-electron chi connectivity index (χ4n) is 10.3. The van der Waals surface area contributed by atoms with Crippen LogP contribution in [0.4, 0.5) is 17.1 Å². The van der Waals surface area contributed by atoms with Crippen molar-refractivity contribution in [2.45, 2.75) is 5.41 Å². The second-order valence-corrected chi connectivity index (χ2v) is 16.0. The number of anilines is 3. The Morgan fingerprint density at radius 2 is 0.917 bits per heavy atom. The quantitative estimate of drug-likeness (QED) is 0.178. The molecule has 0 amide bonds. The molecule has 1 aliphatic heterocycles. The summed E-state index contributed by atoms with van der Waals surface area (Å²) in [5.41, 5.74) is 13.8. The predicted octanol–water partition coefficient (Wildman–Crippen LogP) is 15.5. The third-order valence-corrected chi connectivity index (χ3v) is 12.9. The maximum atomic E-state index is 7.25. The van der Waals surface area contributed by atoms with Gasteiger partial charge in [0.25, 0.3) is 0 Å². The van der Waals surface area contributed by atoms with Crippen LogP contribution in [0.25, 0.3) is 65.7 Å². The molecule has 0 saturated carbocycles. The van der Waals surface area contributed by atoms with Crippen LogP contribution in [-0.4, -0.2) is 0 Å². The lowest BCUT2D eigenvalue weighted by molar-refractivity contribution is 0.447. The first-order valence-electron chi connectivity index (χ1n) is 20.6. The second kappa shape index (κ2) is 12.6. The summed E-state index contributed by atoms with van der Waals surface area (Å²) in [4.78, 5) is 2.43. The van der Waals surface area contributed by atoms with E-state index in [4.69, 9.17) is 9.15 Å². The summed E-state index contributed by atoms with van der Waals surface area (Å²) in [7, 11) is 0. The van der Waals surface area contributed by atoms with E-state index in [0.717, 1.165) is 94.3 Å². The molecule has 1 spiro atoms. The Balaban J connectivity index is 1.14. The number of para-hydroxylation sites is 2. The maximum Gasteiger partial charge on any atom is 0.140 e. The molecule has 0 atom stereocenters. The zero-order valence-corrected chi connectivity index (χ0v) is 32.5. The molecular weight excluding hydrogens is 731 g/mol. The van der Waals surface area contributed by atoms with Gasteiger partial charge in [0, 0.05) is 49.6 Å². The van der Waals surface area contributed by atoms with Crippen molar-refractivity contribution in [3.05, 3.63) is 235 Å². The van der Waals surface area contributed by atoms with Gasteiger partial charge >= 0.3 is 0 Å². The van der Waals surface area contributed by atoms with Crippen molar-refractivity contribution < 1.29 is 9.15 Å². The van der Waals surface area contributed by atoms with Gasteiger partial charge in [0.1, 0.15) is 22.7 Å². The summed E-state index contributed by atoms with van der Waals surface area (Å²) in [6.45, 7) is 0. The van der Waals surface area contributed by atoms with Crippen molar-refractivity contribution in [3.8, 4) is 33.8 Å². The van der Waals surface area contributed by atoms with Gasteiger partial charge in [-0.05, 0) is 81.1 Å². The molecule has 2 aliphatic rings. The van der Waals surface area contributed by atoms with Gasteiger partial charge in [0.15, 0.2) is 0 Å². The van der Waals surface area contributed by atoms with E-state index in [2.05, 4.69) is 205 Å². The molecule has 0 unspecified atom stereocenters. The molecule has 280 valence electrons. The minimum atomic E-state index is -0.672. The highest BCUT2D eigenvalue weighted by molar-refractivity contribution is 6.07. The fourth-order valence-corrected chi connectivity index (χ4v) is 10.3. The number of fused-ring (bicyclic) bond motifs is 16. The van der Waals surface area contributed by atoms with E-state index in [0.29, 0.717) is 0 Å². The lowest BCUT2D eigenvalue weighted by Crippen LogP contribution is -2.32. The van der Waals surface area contributed by atoms with Crippen LogP contribution in [0, 0.1) is 0 Å². The summed E-state index contributed by atoms with van der Waals surface area (Å²) < 4.78 is 13.6. The number of nitrogens with zero attached hydrogens (tertiary/aromatic N) is 1. The molecule has 0 saturated heterocycles. The predicted molar refractivity (Wildman–Crippen MR) is 246 cm³/mol. The molecule has 2 heterocycles. The van der Waals surface area contributed by atoms with Crippen LogP contribution < -0.4 is 9.64 Å². The standard InChI is InChI=1S/C57H35NO2/c1-2-14-36(15-3-1)41-18-9-12-24-52(41)58(39-29-33-54-47(34-39)46-22-10-13-25-53(46)59-54)40-28-30-45-44-21-8-11-23-48(44)57(51(45)35-40)49-31-26-37-16-4-6-19-42(37)55(49)60-56-43-20-7-5-17-38(43)27-32-50(56)57/h1-35H. The SMILES string of the molecule is c1ccc(-c2ccccc2N(c2ccc3c(c2)C2(c4ccccc4-3)c3ccc4ccccc4c3Oc3c2ccc2ccccc32)c2ccc3oc4ccccc4c3c2)cc1. The minimum Gasteiger partial charge on any atom is -0.456 e. The molecule has 11 aromatic rings. The Hall–Kier alpha value is -7.88. The van der Waals surface area contributed by atoms with Crippen LogP contribution in [-0.2, 0) is 5.41 Å². The summed E-state index contributed by atoms with van der Waals surface area (Å²) >= 11 is 0. The lowest BCUT2D eigenvalue weighted by atomic mass is 9.65. The van der Waals surface area contributed by atoms with Crippen molar-refractivity contribution in [1.82, 2.24) is 0 Å². The molecule has 3 nitrogen and oxygen atoms in total. The summed E-state index contributed by atoms with van der Waals surface area (Å²) in [5.74, 6) is 1.82. The van der Waals surface area contributed by atoms with Gasteiger partial charge in [-0.15, -0.1) is 0 Å². The number of hydrogen-bond donors (Lipinski definition) is 0. The molecule has 1 aliphatic carbocycles. The molecule has 0 bridgehead atoms. The first-order chi connectivity index (χ1) is 29.8. The monoisotopic (exact) mass is 765 g/mol. The molecule has 3 heteroatoms. The van der Waals surface area contributed by atoms with Crippen molar-refractivity contribution in [2.24, 2.45) is 0 Å². The van der Waals surface area contributed by atoms with E-state index in [1.807, 2.05) is 12.1 Å². The van der Waals surface area contributed by atoms with E-state index < -0.39 is 5.41 Å². The highest BCUT2D eigenvalue weighted by atomic mass is 16.5. The zero-order chi connectivity index (χ0) is 39.4. The summed E-state index contributed by atoms with van der Waals surface area (Å²) in [6, 6.07) is 76.8. The van der Waals surface area contributed by atoms with E-state index in [9.17, 15) is 0 Å². The molecule has 0 N–H and O–H groups in total. The van der Waals surface area contributed by atoms with Crippen LogP contribution in [0.15, 0.2) is 217 Å². The average molecular weight is 766 g/mol. The van der Waals surface area contributed by atoms with E-state index in [1.165, 1.54) is 22.3 Å². The van der Waals surface area contributed by atoms with Gasteiger partial charge < -0.3 is 14.1 Å². The molecule has 0 fully saturated rings. The Kier molecular flexibility index (Phi) is 6.93. The number of furan rings is 1. The van der Waals surface area contributed by atoms with Crippen LogP contribution in [0.1, 0.15) is 22.3 Å². The normalized spacial score (nSPS) is 13.3. The minimum absolute atomic E-state index is 0.672. The Bertz CT molecular complexity index is 3460. The molecule has 10 aromatic carbocycles. The van der Waals surface area contributed by atoms with Crippen LogP contribution >= 0.6 is 0 Å². The molecule has 1 aromatic heterocycles. The fraction of sp³-hybridized carbons (Fsp3) is 0.0175. The molecular formula is C57H35NO2. The average Bonchev–Trinajstić information content (AvgIpc) is 3.83. The van der Waals surface area contributed by atoms with Gasteiger partial charge in [-0.2, -0.15) is 0 Å². The number of benzene rings is 10. The van der Waals surface area contributed by atoms with Gasteiger partial charge in [0.2, 0.25) is 0 Å². The zero-order valence-electron chi connectivity index (χ0n) is 32.5. The summed E-state index contributed by atoms with van der Waals surface area (Å²) in [5, 5.41) is 6.70. The lowest BCUT2D eigenvalue weighted by Gasteiger charge is -2.40.